The third-order valence-electron chi connectivity index (χ3n) is 2.39. The molecule has 0 saturated heterocycles. The monoisotopic (exact) mass is 175 g/mol. The Balaban J connectivity index is 2.78. The van der Waals surface area contributed by atoms with Crippen molar-refractivity contribution in [3.63, 3.8) is 0 Å². The van der Waals surface area contributed by atoms with Gasteiger partial charge in [-0.1, -0.05) is 12.1 Å². The van der Waals surface area contributed by atoms with Crippen LogP contribution in [0.4, 0.5) is 0 Å². The van der Waals surface area contributed by atoms with Crippen LogP contribution in [0.1, 0.15) is 19.9 Å². The number of nitrogens with zero attached hydrogens (tertiary/aromatic N) is 2. The highest BCUT2D eigenvalue weighted by Crippen LogP contribution is 2.14. The second-order valence-corrected chi connectivity index (χ2v) is 3.72. The van der Waals surface area contributed by atoms with Crippen LogP contribution >= 0.6 is 0 Å². The molecular weight excluding hydrogens is 160 g/mol. The summed E-state index contributed by atoms with van der Waals surface area (Å²) in [4.78, 5) is 0. The maximum absolute atomic E-state index is 2.29. The van der Waals surface area contributed by atoms with Gasteiger partial charge in [-0.25, -0.2) is 9.13 Å². The average molecular weight is 175 g/mol. The summed E-state index contributed by atoms with van der Waals surface area (Å²) < 4.78 is 4.45. The highest BCUT2D eigenvalue weighted by Gasteiger charge is 2.13. The molecule has 0 aliphatic heterocycles. The van der Waals surface area contributed by atoms with Gasteiger partial charge in [-0.3, -0.25) is 0 Å². The molecule has 0 unspecified atom stereocenters. The van der Waals surface area contributed by atoms with Crippen molar-refractivity contribution in [3.8, 4) is 0 Å². The van der Waals surface area contributed by atoms with Crippen molar-refractivity contribution in [3.05, 3.63) is 30.6 Å². The van der Waals surface area contributed by atoms with Gasteiger partial charge >= 0.3 is 0 Å². The van der Waals surface area contributed by atoms with Crippen molar-refractivity contribution in [1.82, 2.24) is 4.57 Å². The molecule has 2 heteroatoms. The minimum Gasteiger partial charge on any atom is -0.233 e. The Bertz CT molecular complexity index is 427. The van der Waals surface area contributed by atoms with Crippen molar-refractivity contribution in [2.24, 2.45) is 7.05 Å². The Morgan fingerprint density at radius 3 is 2.62 bits per heavy atom. The summed E-state index contributed by atoms with van der Waals surface area (Å²) in [5.74, 6) is 0. The number of fused-ring (bicyclic) bond motifs is 1. The summed E-state index contributed by atoms with van der Waals surface area (Å²) in [5.41, 5.74) is 2.59. The van der Waals surface area contributed by atoms with Gasteiger partial charge in [-0.15, -0.1) is 0 Å². The quantitative estimate of drug-likeness (QED) is 0.586. The molecule has 1 aromatic carbocycles. The van der Waals surface area contributed by atoms with E-state index in [2.05, 4.69) is 60.6 Å². The highest BCUT2D eigenvalue weighted by molar-refractivity contribution is 5.71. The summed E-state index contributed by atoms with van der Waals surface area (Å²) in [6, 6.07) is 8.99. The number of benzene rings is 1. The summed E-state index contributed by atoms with van der Waals surface area (Å²) >= 11 is 0. The fraction of sp³-hybridized carbons (Fsp3) is 0.364. The molecule has 2 rings (SSSR count). The lowest BCUT2D eigenvalue weighted by Gasteiger charge is -1.99. The molecule has 0 fully saturated rings. The average Bonchev–Trinajstić information content (AvgIpc) is 2.45. The van der Waals surface area contributed by atoms with Crippen LogP contribution in [0, 0.1) is 0 Å². The molecule has 0 atom stereocenters. The van der Waals surface area contributed by atoms with Crippen molar-refractivity contribution < 1.29 is 4.57 Å². The predicted octanol–water partition coefficient (Wildman–Crippen LogP) is 2.05. The Morgan fingerprint density at radius 1 is 1.23 bits per heavy atom. The Kier molecular flexibility index (Phi) is 1.83. The normalized spacial score (nSPS) is 11.4. The molecule has 0 N–H and O–H groups in total. The highest BCUT2D eigenvalue weighted by atomic mass is 15.1. The summed E-state index contributed by atoms with van der Waals surface area (Å²) in [7, 11) is 2.08. The smallest absolute Gasteiger partial charge is 0.233 e. The number of aryl methyl sites for hydroxylation is 1. The van der Waals surface area contributed by atoms with Crippen LogP contribution in [-0.4, -0.2) is 4.57 Å². The first kappa shape index (κ1) is 8.30. The largest absolute Gasteiger partial charge is 0.244 e. The summed E-state index contributed by atoms with van der Waals surface area (Å²) in [6.45, 7) is 4.40. The van der Waals surface area contributed by atoms with E-state index in [0.717, 1.165) is 0 Å². The molecule has 2 nitrogen and oxygen atoms in total. The molecule has 13 heavy (non-hydrogen) atoms. The SMILES string of the molecule is CC(C)n1c[n+](C)c2ccccc21. The van der Waals surface area contributed by atoms with Crippen molar-refractivity contribution in [1.29, 1.82) is 0 Å². The zero-order chi connectivity index (χ0) is 9.42. The Labute approximate surface area is 78.4 Å². The first-order valence-corrected chi connectivity index (χ1v) is 4.65. The molecule has 1 aromatic heterocycles. The third kappa shape index (κ3) is 1.22. The van der Waals surface area contributed by atoms with Gasteiger partial charge in [-0.2, -0.15) is 0 Å². The van der Waals surface area contributed by atoms with Crippen LogP contribution < -0.4 is 4.57 Å². The second kappa shape index (κ2) is 2.87. The van der Waals surface area contributed by atoms with E-state index in [9.17, 15) is 0 Å². The first-order chi connectivity index (χ1) is 6.20. The number of imidazole rings is 1. The number of aromatic nitrogens is 2. The van der Waals surface area contributed by atoms with E-state index in [-0.39, 0.29) is 0 Å². The maximum atomic E-state index is 2.29. The maximum Gasteiger partial charge on any atom is 0.244 e. The van der Waals surface area contributed by atoms with Crippen LogP contribution in [0.2, 0.25) is 0 Å². The van der Waals surface area contributed by atoms with Gasteiger partial charge < -0.3 is 0 Å². The van der Waals surface area contributed by atoms with Gasteiger partial charge in [0, 0.05) is 0 Å². The van der Waals surface area contributed by atoms with Gasteiger partial charge in [0.05, 0.1) is 13.1 Å². The lowest BCUT2D eigenvalue weighted by Crippen LogP contribution is -2.25. The van der Waals surface area contributed by atoms with E-state index in [0.29, 0.717) is 6.04 Å². The van der Waals surface area contributed by atoms with Gasteiger partial charge in [0.15, 0.2) is 11.0 Å². The predicted molar refractivity (Wildman–Crippen MR) is 53.5 cm³/mol. The summed E-state index contributed by atoms with van der Waals surface area (Å²) in [6.07, 6.45) is 2.15. The van der Waals surface area contributed by atoms with E-state index in [4.69, 9.17) is 0 Å². The lowest BCUT2D eigenvalue weighted by molar-refractivity contribution is -0.645. The molecule has 0 bridgehead atoms. The number of hydrogen-bond donors (Lipinski definition) is 0. The van der Waals surface area contributed by atoms with E-state index in [1.807, 2.05) is 0 Å². The van der Waals surface area contributed by atoms with Gasteiger partial charge in [-0.05, 0) is 26.0 Å². The van der Waals surface area contributed by atoms with E-state index in [1.54, 1.807) is 0 Å². The lowest BCUT2D eigenvalue weighted by atomic mass is 10.3. The van der Waals surface area contributed by atoms with Crippen LogP contribution in [0.3, 0.4) is 0 Å². The number of rotatable bonds is 1. The third-order valence-corrected chi connectivity index (χ3v) is 2.39. The molecule has 0 amide bonds. The zero-order valence-corrected chi connectivity index (χ0v) is 8.36. The van der Waals surface area contributed by atoms with Crippen LogP contribution in [0.5, 0.6) is 0 Å². The standard InChI is InChI=1S/C11H15N2/c1-9(2)13-8-12(3)10-6-4-5-7-11(10)13/h4-9H,1-3H3/q+1. The molecule has 0 aliphatic carbocycles. The minimum atomic E-state index is 0.520. The topological polar surface area (TPSA) is 8.81 Å². The van der Waals surface area contributed by atoms with Crippen LogP contribution in [0.25, 0.3) is 11.0 Å². The van der Waals surface area contributed by atoms with Crippen LogP contribution in [-0.2, 0) is 7.05 Å². The molecule has 2 aromatic rings. The van der Waals surface area contributed by atoms with Crippen molar-refractivity contribution in [2.75, 3.05) is 0 Å². The van der Waals surface area contributed by atoms with Gasteiger partial charge in [0.1, 0.15) is 0 Å². The zero-order valence-electron chi connectivity index (χ0n) is 8.36. The van der Waals surface area contributed by atoms with Crippen LogP contribution in [0.15, 0.2) is 30.6 Å². The molecule has 0 saturated carbocycles. The number of para-hydroxylation sites is 2. The molecule has 0 radical (unpaired) electrons. The van der Waals surface area contributed by atoms with E-state index >= 15 is 0 Å². The van der Waals surface area contributed by atoms with E-state index in [1.165, 1.54) is 11.0 Å². The molecule has 1 heterocycles. The van der Waals surface area contributed by atoms with Crippen molar-refractivity contribution >= 4 is 11.0 Å². The van der Waals surface area contributed by atoms with Crippen molar-refractivity contribution in [2.45, 2.75) is 19.9 Å². The minimum absolute atomic E-state index is 0.520. The first-order valence-electron chi connectivity index (χ1n) is 4.65. The molecular formula is C11H15N2+. The molecule has 68 valence electrons. The second-order valence-electron chi connectivity index (χ2n) is 3.72. The molecule has 0 aliphatic rings. The van der Waals surface area contributed by atoms with E-state index < -0.39 is 0 Å². The molecule has 0 spiro atoms. The number of hydrogen-bond acceptors (Lipinski definition) is 0. The van der Waals surface area contributed by atoms with Gasteiger partial charge in [0.2, 0.25) is 6.33 Å². The summed E-state index contributed by atoms with van der Waals surface area (Å²) in [5, 5.41) is 0. The fourth-order valence-corrected chi connectivity index (χ4v) is 1.70. The van der Waals surface area contributed by atoms with Gasteiger partial charge in [0.25, 0.3) is 0 Å². The Hall–Kier alpha value is -1.31. The Morgan fingerprint density at radius 2 is 1.92 bits per heavy atom. The fourth-order valence-electron chi connectivity index (χ4n) is 1.70.